The first-order valence-electron chi connectivity index (χ1n) is 10.7. The number of fused-ring (bicyclic) bond motifs is 1. The minimum absolute atomic E-state index is 0.107. The second kappa shape index (κ2) is 8.25. The van der Waals surface area contributed by atoms with Crippen molar-refractivity contribution in [2.45, 2.75) is 59.4 Å². The molecule has 1 aromatic heterocycles. The molecule has 0 aliphatic carbocycles. The van der Waals surface area contributed by atoms with Gasteiger partial charge in [-0.25, -0.2) is 0 Å². The second-order valence-electron chi connectivity index (χ2n) is 9.61. The smallest absolute Gasteiger partial charge is 0.309 e. The zero-order valence-electron chi connectivity index (χ0n) is 19.5. The van der Waals surface area contributed by atoms with Crippen molar-refractivity contribution in [3.8, 4) is 0 Å². The molecule has 0 amide bonds. The van der Waals surface area contributed by atoms with Crippen LogP contribution in [0.25, 0.3) is 11.1 Å². The predicted molar refractivity (Wildman–Crippen MR) is 126 cm³/mol. The fourth-order valence-electron chi connectivity index (χ4n) is 3.88. The molecule has 0 aliphatic heterocycles. The van der Waals surface area contributed by atoms with Crippen molar-refractivity contribution in [3.05, 3.63) is 48.0 Å². The Balaban J connectivity index is 2.10. The number of carboxylic acids is 1. The number of anilines is 3. The molecule has 6 heteroatoms. The molecule has 1 unspecified atom stereocenters. The summed E-state index contributed by atoms with van der Waals surface area (Å²) in [5, 5.41) is 13.1. The van der Waals surface area contributed by atoms with E-state index >= 15 is 0 Å². The van der Waals surface area contributed by atoms with E-state index < -0.39 is 11.4 Å². The van der Waals surface area contributed by atoms with Gasteiger partial charge in [-0.3, -0.25) is 4.79 Å². The number of hydrogen-bond donors (Lipinski definition) is 2. The van der Waals surface area contributed by atoms with Gasteiger partial charge in [0.05, 0.1) is 16.8 Å². The van der Waals surface area contributed by atoms with Crippen molar-refractivity contribution in [2.24, 2.45) is 5.41 Å². The van der Waals surface area contributed by atoms with Crippen molar-refractivity contribution in [1.29, 1.82) is 0 Å². The van der Waals surface area contributed by atoms with Crippen LogP contribution in [0.5, 0.6) is 0 Å². The van der Waals surface area contributed by atoms with Gasteiger partial charge in [-0.1, -0.05) is 25.1 Å². The van der Waals surface area contributed by atoms with E-state index in [1.807, 2.05) is 56.4 Å². The van der Waals surface area contributed by atoms with E-state index in [1.165, 1.54) is 0 Å². The quantitative estimate of drug-likeness (QED) is 0.457. The molecule has 3 rings (SSSR count). The highest BCUT2D eigenvalue weighted by Crippen LogP contribution is 2.42. The van der Waals surface area contributed by atoms with E-state index in [0.29, 0.717) is 11.6 Å². The van der Waals surface area contributed by atoms with E-state index in [4.69, 9.17) is 4.42 Å². The van der Waals surface area contributed by atoms with Gasteiger partial charge in [0, 0.05) is 12.6 Å². The molecule has 3 aromatic rings. The van der Waals surface area contributed by atoms with E-state index in [9.17, 15) is 9.90 Å². The van der Waals surface area contributed by atoms with Gasteiger partial charge in [0.2, 0.25) is 0 Å². The maximum Gasteiger partial charge on any atom is 0.309 e. The average molecular weight is 424 g/mol. The molecular weight excluding hydrogens is 390 g/mol. The summed E-state index contributed by atoms with van der Waals surface area (Å²) in [6.45, 7) is 12.0. The van der Waals surface area contributed by atoms with Crippen LogP contribution in [-0.4, -0.2) is 28.6 Å². The van der Waals surface area contributed by atoms with E-state index in [2.05, 4.69) is 36.0 Å². The zero-order valence-corrected chi connectivity index (χ0v) is 19.5. The third kappa shape index (κ3) is 4.53. The highest BCUT2D eigenvalue weighted by molar-refractivity contribution is 5.79. The number of benzene rings is 2. The number of hydrogen-bond acceptors (Lipinski definition) is 5. The van der Waals surface area contributed by atoms with Gasteiger partial charge in [-0.15, -0.1) is 0 Å². The topological polar surface area (TPSA) is 78.6 Å². The van der Waals surface area contributed by atoms with Crippen LogP contribution >= 0.6 is 0 Å². The van der Waals surface area contributed by atoms with E-state index in [-0.39, 0.29) is 11.5 Å². The molecule has 166 valence electrons. The number of carbonyl (C=O) groups is 1. The lowest BCUT2D eigenvalue weighted by Crippen LogP contribution is -2.38. The Hall–Kier alpha value is -3.02. The van der Waals surface area contributed by atoms with Crippen molar-refractivity contribution < 1.29 is 14.3 Å². The number of para-hydroxylation sites is 2. The van der Waals surface area contributed by atoms with Crippen LogP contribution in [0.4, 0.5) is 17.4 Å². The fraction of sp³-hybridized carbons (Fsp3) is 0.440. The molecule has 0 fully saturated rings. The molecule has 0 saturated carbocycles. The molecule has 0 aliphatic rings. The lowest BCUT2D eigenvalue weighted by Gasteiger charge is -2.36. The normalized spacial score (nSPS) is 13.3. The van der Waals surface area contributed by atoms with E-state index in [1.54, 1.807) is 13.8 Å². The molecule has 31 heavy (non-hydrogen) atoms. The highest BCUT2D eigenvalue weighted by atomic mass is 16.4. The largest absolute Gasteiger partial charge is 0.481 e. The van der Waals surface area contributed by atoms with Crippen LogP contribution in [0.2, 0.25) is 0 Å². The van der Waals surface area contributed by atoms with Crippen LogP contribution < -0.4 is 10.2 Å². The second-order valence-corrected chi connectivity index (χ2v) is 9.61. The number of oxazole rings is 1. The summed E-state index contributed by atoms with van der Waals surface area (Å²) < 4.78 is 5.89. The van der Waals surface area contributed by atoms with Crippen LogP contribution in [0.15, 0.2) is 46.9 Å². The minimum Gasteiger partial charge on any atom is -0.481 e. The van der Waals surface area contributed by atoms with Crippen LogP contribution in [-0.2, 0) is 4.79 Å². The van der Waals surface area contributed by atoms with Gasteiger partial charge >= 0.3 is 5.97 Å². The monoisotopic (exact) mass is 423 g/mol. The van der Waals surface area contributed by atoms with Crippen LogP contribution in [0, 0.1) is 5.41 Å². The molecule has 2 N–H and O–H groups in total. The predicted octanol–water partition coefficient (Wildman–Crippen LogP) is 6.41. The standard InChI is InChI=1S/C25H33N3O3/c1-8-17(25(5,6)22(29)30)16-13-14-20(28(7)24(2,3)4)19(15-16)27-23-26-18-11-9-10-12-21(18)31-23/h9-15,17H,8H2,1-7H3,(H,26,27)(H,29,30). The van der Waals surface area contributed by atoms with Crippen molar-refractivity contribution in [1.82, 2.24) is 4.98 Å². The van der Waals surface area contributed by atoms with Gasteiger partial charge in [0.25, 0.3) is 6.01 Å². The number of rotatable bonds is 7. The maximum atomic E-state index is 11.9. The van der Waals surface area contributed by atoms with Gasteiger partial charge in [-0.2, -0.15) is 4.98 Å². The molecule has 0 bridgehead atoms. The molecule has 0 spiro atoms. The van der Waals surface area contributed by atoms with Crippen molar-refractivity contribution in [3.63, 3.8) is 0 Å². The number of nitrogens with zero attached hydrogens (tertiary/aromatic N) is 2. The minimum atomic E-state index is -0.888. The summed E-state index contributed by atoms with van der Waals surface area (Å²) in [6.07, 6.45) is 0.718. The Bertz CT molecular complexity index is 1050. The first-order valence-corrected chi connectivity index (χ1v) is 10.7. The first-order chi connectivity index (χ1) is 14.4. The molecular formula is C25H33N3O3. The van der Waals surface area contributed by atoms with Gasteiger partial charge < -0.3 is 19.7 Å². The Kier molecular flexibility index (Phi) is 6.03. The number of aromatic nitrogens is 1. The summed E-state index contributed by atoms with van der Waals surface area (Å²) >= 11 is 0. The third-order valence-electron chi connectivity index (χ3n) is 6.16. The zero-order chi connectivity index (χ0) is 23.0. The molecule has 0 radical (unpaired) electrons. The molecule has 0 saturated heterocycles. The maximum absolute atomic E-state index is 11.9. The van der Waals surface area contributed by atoms with Crippen LogP contribution in [0.3, 0.4) is 0 Å². The Morgan fingerprint density at radius 3 is 2.42 bits per heavy atom. The fourth-order valence-corrected chi connectivity index (χ4v) is 3.88. The summed E-state index contributed by atoms with van der Waals surface area (Å²) in [5.41, 5.74) is 3.29. The van der Waals surface area contributed by atoms with Gasteiger partial charge in [-0.05, 0) is 76.8 Å². The Labute approximate surface area is 184 Å². The van der Waals surface area contributed by atoms with Gasteiger partial charge in [0.15, 0.2) is 5.58 Å². The number of aliphatic carboxylic acids is 1. The lowest BCUT2D eigenvalue weighted by atomic mass is 9.73. The lowest BCUT2D eigenvalue weighted by molar-refractivity contribution is -0.148. The average Bonchev–Trinajstić information content (AvgIpc) is 3.09. The Morgan fingerprint density at radius 2 is 1.84 bits per heavy atom. The first kappa shape index (κ1) is 22.7. The summed E-state index contributed by atoms with van der Waals surface area (Å²) in [4.78, 5) is 18.7. The summed E-state index contributed by atoms with van der Waals surface area (Å²) in [6, 6.07) is 14.2. The molecule has 1 atom stereocenters. The molecule has 6 nitrogen and oxygen atoms in total. The summed E-state index contributed by atoms with van der Waals surface area (Å²) in [5.74, 6) is -0.938. The number of nitrogens with one attached hydrogen (secondary N) is 1. The third-order valence-corrected chi connectivity index (χ3v) is 6.16. The van der Waals surface area contributed by atoms with Gasteiger partial charge in [0.1, 0.15) is 5.52 Å². The van der Waals surface area contributed by atoms with Crippen LogP contribution in [0.1, 0.15) is 59.4 Å². The van der Waals surface area contributed by atoms with Crippen molar-refractivity contribution in [2.75, 3.05) is 17.3 Å². The Morgan fingerprint density at radius 1 is 1.16 bits per heavy atom. The van der Waals surface area contributed by atoms with Crippen molar-refractivity contribution >= 4 is 34.5 Å². The SMILES string of the molecule is CCC(c1ccc(N(C)C(C)(C)C)c(Nc2nc3ccccc3o2)c1)C(C)(C)C(=O)O. The highest BCUT2D eigenvalue weighted by Gasteiger charge is 2.37. The number of carboxylic acid groups (broad SMARTS) is 1. The molecule has 1 heterocycles. The summed E-state index contributed by atoms with van der Waals surface area (Å²) in [7, 11) is 2.05. The molecule has 2 aromatic carbocycles. The van der Waals surface area contributed by atoms with E-state index in [0.717, 1.165) is 28.9 Å².